The molecule has 0 aromatic carbocycles. The average molecular weight is 575 g/mol. The molecule has 6 nitrogen and oxygen atoms in total. The number of nitrogens with zero attached hydrogens (tertiary/aromatic N) is 2. The van der Waals surface area contributed by atoms with Gasteiger partial charge in [0.25, 0.3) is 0 Å². The lowest BCUT2D eigenvalue weighted by Crippen LogP contribution is -2.23. The molecule has 9 heteroatoms. The van der Waals surface area contributed by atoms with Gasteiger partial charge in [0.2, 0.25) is 0 Å². The summed E-state index contributed by atoms with van der Waals surface area (Å²) in [6, 6.07) is 3.02. The third-order valence-electron chi connectivity index (χ3n) is 5.41. The van der Waals surface area contributed by atoms with E-state index in [2.05, 4.69) is 26.2 Å². The van der Waals surface area contributed by atoms with Gasteiger partial charge in [-0.2, -0.15) is 0 Å². The maximum Gasteiger partial charge on any atom is 0.308 e. The molecular formula is C22H29Br2N3O3S. The molecule has 1 aliphatic heterocycles. The Morgan fingerprint density at radius 1 is 1.19 bits per heavy atom. The van der Waals surface area contributed by atoms with Gasteiger partial charge in [-0.3, -0.25) is 14.6 Å². The third-order valence-corrected chi connectivity index (χ3v) is 7.39. The van der Waals surface area contributed by atoms with E-state index in [0.29, 0.717) is 17.0 Å². The molecule has 2 aromatic heterocycles. The fourth-order valence-electron chi connectivity index (χ4n) is 3.77. The van der Waals surface area contributed by atoms with Crippen LogP contribution in [0.2, 0.25) is 0 Å². The minimum atomic E-state index is -0.0486. The molecule has 0 bridgehead atoms. The molecule has 1 aliphatic carbocycles. The summed E-state index contributed by atoms with van der Waals surface area (Å²) >= 11 is 4.98. The molecule has 2 aliphatic rings. The SMILES string of the molecule is Br.CCOC(=O)C1CCC(c2nc3c(s2)CCNCC3)CC1.O=c1ccnccc1Br. The first kappa shape index (κ1) is 26.1. The summed E-state index contributed by atoms with van der Waals surface area (Å²) in [5.41, 5.74) is 1.26. The zero-order chi connectivity index (χ0) is 21.3. The van der Waals surface area contributed by atoms with Crippen molar-refractivity contribution in [2.24, 2.45) is 5.92 Å². The average Bonchev–Trinajstić information content (AvgIpc) is 2.89. The first-order valence-electron chi connectivity index (χ1n) is 10.5. The van der Waals surface area contributed by atoms with Gasteiger partial charge in [0.1, 0.15) is 0 Å². The van der Waals surface area contributed by atoms with Crippen LogP contribution in [0.4, 0.5) is 0 Å². The summed E-state index contributed by atoms with van der Waals surface area (Å²) < 4.78 is 5.69. The number of esters is 1. The summed E-state index contributed by atoms with van der Waals surface area (Å²) in [7, 11) is 0. The molecule has 0 radical (unpaired) electrons. The molecule has 4 rings (SSSR count). The van der Waals surface area contributed by atoms with Crippen molar-refractivity contribution in [3.05, 3.63) is 54.8 Å². The number of hydrogen-bond acceptors (Lipinski definition) is 7. The highest BCUT2D eigenvalue weighted by molar-refractivity contribution is 9.10. The summed E-state index contributed by atoms with van der Waals surface area (Å²) in [6.07, 6.45) is 9.26. The molecule has 0 saturated heterocycles. The Bertz CT molecular complexity index is 878. The zero-order valence-corrected chi connectivity index (χ0v) is 21.8. The second-order valence-corrected chi connectivity index (χ2v) is 9.43. The van der Waals surface area contributed by atoms with Crippen molar-refractivity contribution in [1.29, 1.82) is 0 Å². The molecule has 31 heavy (non-hydrogen) atoms. The highest BCUT2D eigenvalue weighted by Gasteiger charge is 2.30. The van der Waals surface area contributed by atoms with Gasteiger partial charge in [0.05, 0.1) is 27.7 Å². The first-order valence-corrected chi connectivity index (χ1v) is 12.1. The van der Waals surface area contributed by atoms with Crippen LogP contribution in [0.25, 0.3) is 0 Å². The minimum absolute atomic E-state index is 0. The molecule has 0 atom stereocenters. The standard InChI is InChI=1S/C16H24N2O2S.C6H4BrNO.BrH/c1-2-20-16(19)12-5-3-11(4-6-12)15-18-13-7-9-17-10-8-14(13)21-15;7-5-1-3-8-4-2-6(5)9;/h11-12,17H,2-10H2,1H3;1-4H;1H. The van der Waals surface area contributed by atoms with Gasteiger partial charge in [0, 0.05) is 48.8 Å². The number of halogens is 2. The largest absolute Gasteiger partial charge is 0.466 e. The number of aromatic nitrogens is 2. The van der Waals surface area contributed by atoms with Gasteiger partial charge in [-0.15, -0.1) is 28.3 Å². The van der Waals surface area contributed by atoms with Crippen molar-refractivity contribution in [1.82, 2.24) is 15.3 Å². The molecule has 3 heterocycles. The summed E-state index contributed by atoms with van der Waals surface area (Å²) in [5.74, 6) is 0.667. The number of ether oxygens (including phenoxy) is 1. The molecule has 170 valence electrons. The van der Waals surface area contributed by atoms with Crippen LogP contribution in [0.1, 0.15) is 54.1 Å². The van der Waals surface area contributed by atoms with E-state index in [-0.39, 0.29) is 34.3 Å². The van der Waals surface area contributed by atoms with E-state index in [1.54, 1.807) is 12.3 Å². The van der Waals surface area contributed by atoms with Crippen molar-refractivity contribution in [2.45, 2.75) is 51.4 Å². The Hall–Kier alpha value is -1.16. The van der Waals surface area contributed by atoms with E-state index in [9.17, 15) is 9.59 Å². The number of fused-ring (bicyclic) bond motifs is 1. The summed E-state index contributed by atoms with van der Waals surface area (Å²) in [4.78, 5) is 32.6. The quantitative estimate of drug-likeness (QED) is 0.545. The number of hydrogen-bond donors (Lipinski definition) is 1. The van der Waals surface area contributed by atoms with Crippen LogP contribution in [-0.2, 0) is 22.4 Å². The predicted molar refractivity (Wildman–Crippen MR) is 132 cm³/mol. The smallest absolute Gasteiger partial charge is 0.308 e. The second-order valence-electron chi connectivity index (χ2n) is 7.47. The second kappa shape index (κ2) is 13.4. The monoisotopic (exact) mass is 573 g/mol. The first-order chi connectivity index (χ1) is 14.6. The Labute approximate surface area is 206 Å². The highest BCUT2D eigenvalue weighted by atomic mass is 79.9. The van der Waals surface area contributed by atoms with E-state index in [1.807, 2.05) is 18.3 Å². The molecule has 2 aromatic rings. The topological polar surface area (TPSA) is 81.2 Å². The fraction of sp³-hybridized carbons (Fsp3) is 0.545. The lowest BCUT2D eigenvalue weighted by Gasteiger charge is -2.25. The number of carbonyl (C=O) groups excluding carboxylic acids is 1. The van der Waals surface area contributed by atoms with E-state index in [4.69, 9.17) is 9.72 Å². The van der Waals surface area contributed by atoms with Crippen molar-refractivity contribution in [2.75, 3.05) is 19.7 Å². The van der Waals surface area contributed by atoms with Crippen molar-refractivity contribution in [3.8, 4) is 0 Å². The molecule has 0 amide bonds. The molecule has 0 spiro atoms. The van der Waals surface area contributed by atoms with Crippen LogP contribution in [0.15, 0.2) is 33.8 Å². The van der Waals surface area contributed by atoms with Crippen LogP contribution in [0, 0.1) is 5.92 Å². The summed E-state index contributed by atoms with van der Waals surface area (Å²) in [5, 5.41) is 4.73. The Morgan fingerprint density at radius 3 is 2.65 bits per heavy atom. The Balaban J connectivity index is 0.000000289. The van der Waals surface area contributed by atoms with Crippen LogP contribution >= 0.6 is 44.2 Å². The van der Waals surface area contributed by atoms with Crippen molar-refractivity contribution in [3.63, 3.8) is 0 Å². The normalized spacial score (nSPS) is 20.2. The summed E-state index contributed by atoms with van der Waals surface area (Å²) in [6.45, 7) is 4.49. The molecule has 0 unspecified atom stereocenters. The van der Waals surface area contributed by atoms with Crippen molar-refractivity contribution >= 4 is 50.2 Å². The fourth-order valence-corrected chi connectivity index (χ4v) is 5.30. The predicted octanol–water partition coefficient (Wildman–Crippen LogP) is 4.45. The van der Waals surface area contributed by atoms with Crippen LogP contribution in [-0.4, -0.2) is 35.6 Å². The number of carbonyl (C=O) groups is 1. The van der Waals surface area contributed by atoms with Gasteiger partial charge in [0.15, 0.2) is 5.43 Å². The van der Waals surface area contributed by atoms with Crippen LogP contribution in [0.3, 0.4) is 0 Å². The molecular weight excluding hydrogens is 546 g/mol. The lowest BCUT2D eigenvalue weighted by molar-refractivity contribution is -0.149. The lowest BCUT2D eigenvalue weighted by atomic mass is 9.82. The van der Waals surface area contributed by atoms with Gasteiger partial charge in [-0.05, 0) is 61.0 Å². The van der Waals surface area contributed by atoms with E-state index in [0.717, 1.165) is 51.6 Å². The van der Waals surface area contributed by atoms with Crippen molar-refractivity contribution < 1.29 is 9.53 Å². The molecule has 1 saturated carbocycles. The molecule has 1 N–H and O–H groups in total. The van der Waals surface area contributed by atoms with E-state index in [1.165, 1.54) is 27.8 Å². The van der Waals surface area contributed by atoms with Gasteiger partial charge in [-0.25, -0.2) is 4.98 Å². The zero-order valence-electron chi connectivity index (χ0n) is 17.6. The van der Waals surface area contributed by atoms with Crippen LogP contribution in [0.5, 0.6) is 0 Å². The minimum Gasteiger partial charge on any atom is -0.466 e. The Kier molecular flexibility index (Phi) is 11.3. The maximum absolute atomic E-state index is 11.8. The number of rotatable bonds is 3. The Morgan fingerprint density at radius 2 is 1.90 bits per heavy atom. The number of thiazole rings is 1. The van der Waals surface area contributed by atoms with Crippen LogP contribution < -0.4 is 10.7 Å². The number of nitrogens with one attached hydrogen (secondary N) is 1. The van der Waals surface area contributed by atoms with E-state index >= 15 is 0 Å². The third kappa shape index (κ3) is 7.73. The van der Waals surface area contributed by atoms with Gasteiger partial charge < -0.3 is 10.1 Å². The van der Waals surface area contributed by atoms with Gasteiger partial charge >= 0.3 is 5.97 Å². The molecule has 1 fully saturated rings. The maximum atomic E-state index is 11.8. The highest BCUT2D eigenvalue weighted by Crippen LogP contribution is 2.39. The van der Waals surface area contributed by atoms with E-state index < -0.39 is 0 Å². The van der Waals surface area contributed by atoms with Gasteiger partial charge in [-0.1, -0.05) is 0 Å².